The molecular weight excluding hydrogens is 298 g/mol. The molecule has 1 heterocycles. The van der Waals surface area contributed by atoms with Gasteiger partial charge in [0, 0.05) is 5.38 Å². The molecule has 2 rings (SSSR count). The number of nitrogens with one attached hydrogen (secondary N) is 1. The van der Waals surface area contributed by atoms with E-state index in [0.717, 1.165) is 17.7 Å². The predicted molar refractivity (Wildman–Crippen MR) is 89.0 cm³/mol. The lowest BCUT2D eigenvalue weighted by Crippen LogP contribution is -2.26. The van der Waals surface area contributed by atoms with Crippen molar-refractivity contribution >= 4 is 17.2 Å². The van der Waals surface area contributed by atoms with Crippen LogP contribution in [0.25, 0.3) is 0 Å². The molecule has 0 fully saturated rings. The van der Waals surface area contributed by atoms with E-state index in [4.69, 9.17) is 9.47 Å². The smallest absolute Gasteiger partial charge is 0.252 e. The number of carbonyl (C=O) groups excluding carboxylic acids is 1. The molecule has 0 radical (unpaired) electrons. The molecular formula is C17H21NO3S. The van der Waals surface area contributed by atoms with Gasteiger partial charge in [-0.2, -0.15) is 11.3 Å². The normalized spacial score (nSPS) is 11.8. The molecule has 118 valence electrons. The minimum Gasteiger partial charge on any atom is -0.493 e. The Balaban J connectivity index is 2.09. The summed E-state index contributed by atoms with van der Waals surface area (Å²) in [5.74, 6) is 1.34. The van der Waals surface area contributed by atoms with E-state index in [1.807, 2.05) is 41.9 Å². The lowest BCUT2D eigenvalue weighted by atomic mass is 10.1. The molecule has 4 nitrogen and oxygen atoms in total. The predicted octanol–water partition coefficient (Wildman–Crippen LogP) is 4.04. The van der Waals surface area contributed by atoms with Gasteiger partial charge in [0.15, 0.2) is 11.5 Å². The van der Waals surface area contributed by atoms with Crippen molar-refractivity contribution < 1.29 is 14.3 Å². The summed E-state index contributed by atoms with van der Waals surface area (Å²) in [7, 11) is 1.62. The van der Waals surface area contributed by atoms with E-state index >= 15 is 0 Å². The van der Waals surface area contributed by atoms with Gasteiger partial charge in [-0.15, -0.1) is 0 Å². The maximum absolute atomic E-state index is 12.1. The number of hydrogen-bond donors (Lipinski definition) is 1. The lowest BCUT2D eigenvalue weighted by Gasteiger charge is -2.17. The monoisotopic (exact) mass is 319 g/mol. The van der Waals surface area contributed by atoms with Crippen molar-refractivity contribution in [1.82, 2.24) is 5.32 Å². The number of thiophene rings is 1. The standard InChI is InChI=1S/C17H21NO3S/c1-4-8-21-15-6-5-13(10-16(15)20-3)12(2)18-17(19)14-7-9-22-11-14/h5-7,9-12H,4,8H2,1-3H3,(H,18,19). The van der Waals surface area contributed by atoms with Gasteiger partial charge in [-0.3, -0.25) is 4.79 Å². The first-order valence-corrected chi connectivity index (χ1v) is 8.23. The van der Waals surface area contributed by atoms with E-state index in [1.165, 1.54) is 11.3 Å². The molecule has 1 N–H and O–H groups in total. The van der Waals surface area contributed by atoms with E-state index in [0.29, 0.717) is 17.9 Å². The molecule has 0 spiro atoms. The Bertz CT molecular complexity index is 610. The summed E-state index contributed by atoms with van der Waals surface area (Å²) in [4.78, 5) is 12.1. The van der Waals surface area contributed by atoms with Crippen molar-refractivity contribution in [2.24, 2.45) is 0 Å². The highest BCUT2D eigenvalue weighted by molar-refractivity contribution is 7.08. The van der Waals surface area contributed by atoms with Crippen molar-refractivity contribution in [3.8, 4) is 11.5 Å². The summed E-state index contributed by atoms with van der Waals surface area (Å²) in [5, 5.41) is 6.71. The molecule has 1 aromatic carbocycles. The lowest BCUT2D eigenvalue weighted by molar-refractivity contribution is 0.0940. The summed E-state index contributed by atoms with van der Waals surface area (Å²) >= 11 is 1.51. The van der Waals surface area contributed by atoms with Gasteiger partial charge in [0.2, 0.25) is 0 Å². The Morgan fingerprint density at radius 3 is 2.77 bits per heavy atom. The Hall–Kier alpha value is -2.01. The topological polar surface area (TPSA) is 47.6 Å². The fraction of sp³-hybridized carbons (Fsp3) is 0.353. The third-order valence-electron chi connectivity index (χ3n) is 3.28. The average molecular weight is 319 g/mol. The first kappa shape index (κ1) is 16.4. The Morgan fingerprint density at radius 2 is 2.14 bits per heavy atom. The molecule has 0 aliphatic rings. The van der Waals surface area contributed by atoms with Crippen molar-refractivity contribution in [2.45, 2.75) is 26.3 Å². The summed E-state index contributed by atoms with van der Waals surface area (Å²) in [5.41, 5.74) is 1.66. The highest BCUT2D eigenvalue weighted by Crippen LogP contribution is 2.30. The molecule has 0 saturated carbocycles. The van der Waals surface area contributed by atoms with Crippen LogP contribution in [0.4, 0.5) is 0 Å². The van der Waals surface area contributed by atoms with E-state index in [-0.39, 0.29) is 11.9 Å². The van der Waals surface area contributed by atoms with Crippen molar-refractivity contribution in [3.05, 3.63) is 46.2 Å². The molecule has 0 aliphatic carbocycles. The second-order valence-electron chi connectivity index (χ2n) is 4.97. The number of amides is 1. The van der Waals surface area contributed by atoms with Gasteiger partial charge in [0.1, 0.15) is 0 Å². The summed E-state index contributed by atoms with van der Waals surface area (Å²) < 4.78 is 11.0. The maximum Gasteiger partial charge on any atom is 0.252 e. The maximum atomic E-state index is 12.1. The number of methoxy groups -OCH3 is 1. The van der Waals surface area contributed by atoms with Crippen LogP contribution >= 0.6 is 11.3 Å². The first-order valence-electron chi connectivity index (χ1n) is 7.29. The minimum atomic E-state index is -0.110. The number of hydrogen-bond acceptors (Lipinski definition) is 4. The zero-order valence-electron chi connectivity index (χ0n) is 13.1. The van der Waals surface area contributed by atoms with Crippen LogP contribution in [0.5, 0.6) is 11.5 Å². The molecule has 22 heavy (non-hydrogen) atoms. The fourth-order valence-electron chi connectivity index (χ4n) is 2.04. The van der Waals surface area contributed by atoms with Crippen LogP contribution in [-0.4, -0.2) is 19.6 Å². The van der Waals surface area contributed by atoms with Gasteiger partial charge in [-0.25, -0.2) is 0 Å². The summed E-state index contributed by atoms with van der Waals surface area (Å²) in [6, 6.07) is 7.45. The van der Waals surface area contributed by atoms with Crippen LogP contribution in [0.2, 0.25) is 0 Å². The molecule has 1 unspecified atom stereocenters. The Labute approximate surface area is 135 Å². The molecule has 0 aliphatic heterocycles. The van der Waals surface area contributed by atoms with E-state index in [9.17, 15) is 4.79 Å². The van der Waals surface area contributed by atoms with Gasteiger partial charge in [0.25, 0.3) is 5.91 Å². The molecule has 1 aromatic heterocycles. The quantitative estimate of drug-likeness (QED) is 0.838. The highest BCUT2D eigenvalue weighted by atomic mass is 32.1. The van der Waals surface area contributed by atoms with Crippen LogP contribution in [0.15, 0.2) is 35.0 Å². The first-order chi connectivity index (χ1) is 10.7. The van der Waals surface area contributed by atoms with E-state index < -0.39 is 0 Å². The van der Waals surface area contributed by atoms with Crippen LogP contribution in [0.1, 0.15) is 42.2 Å². The summed E-state index contributed by atoms with van der Waals surface area (Å²) in [6.07, 6.45) is 0.942. The van der Waals surface area contributed by atoms with Gasteiger partial charge in [0.05, 0.1) is 25.3 Å². The van der Waals surface area contributed by atoms with Crippen LogP contribution < -0.4 is 14.8 Å². The van der Waals surface area contributed by atoms with Crippen LogP contribution in [0, 0.1) is 0 Å². The molecule has 0 bridgehead atoms. The third kappa shape index (κ3) is 4.01. The van der Waals surface area contributed by atoms with Gasteiger partial charge >= 0.3 is 0 Å². The largest absolute Gasteiger partial charge is 0.493 e. The second kappa shape index (κ2) is 7.84. The molecule has 5 heteroatoms. The summed E-state index contributed by atoms with van der Waals surface area (Å²) in [6.45, 7) is 4.66. The number of benzene rings is 1. The zero-order valence-corrected chi connectivity index (χ0v) is 13.9. The second-order valence-corrected chi connectivity index (χ2v) is 5.75. The third-order valence-corrected chi connectivity index (χ3v) is 3.96. The van der Waals surface area contributed by atoms with Gasteiger partial charge in [-0.05, 0) is 42.5 Å². The van der Waals surface area contributed by atoms with Crippen molar-refractivity contribution in [1.29, 1.82) is 0 Å². The van der Waals surface area contributed by atoms with E-state index in [2.05, 4.69) is 12.2 Å². The number of carbonyl (C=O) groups is 1. The van der Waals surface area contributed by atoms with Gasteiger partial charge < -0.3 is 14.8 Å². The number of rotatable bonds is 7. The van der Waals surface area contributed by atoms with E-state index in [1.54, 1.807) is 7.11 Å². The van der Waals surface area contributed by atoms with Crippen LogP contribution in [-0.2, 0) is 0 Å². The molecule has 2 aromatic rings. The fourth-order valence-corrected chi connectivity index (χ4v) is 2.68. The minimum absolute atomic E-state index is 0.0703. The van der Waals surface area contributed by atoms with Crippen LogP contribution in [0.3, 0.4) is 0 Å². The SMILES string of the molecule is CCCOc1ccc(C(C)NC(=O)c2ccsc2)cc1OC. The molecule has 1 amide bonds. The highest BCUT2D eigenvalue weighted by Gasteiger charge is 2.14. The van der Waals surface area contributed by atoms with Crippen molar-refractivity contribution in [3.63, 3.8) is 0 Å². The Morgan fingerprint density at radius 1 is 1.32 bits per heavy atom. The molecule has 1 atom stereocenters. The number of ether oxygens (including phenoxy) is 2. The molecule has 0 saturated heterocycles. The van der Waals surface area contributed by atoms with Crippen molar-refractivity contribution in [2.75, 3.05) is 13.7 Å². The Kier molecular flexibility index (Phi) is 5.83. The van der Waals surface area contributed by atoms with Gasteiger partial charge in [-0.1, -0.05) is 13.0 Å². The average Bonchev–Trinajstić information content (AvgIpc) is 3.07. The zero-order chi connectivity index (χ0) is 15.9.